The highest BCUT2D eigenvalue weighted by atomic mass is 16.6. The average Bonchev–Trinajstić information content (AvgIpc) is 2.97. The number of quaternary nitrogens is 1. The molecule has 0 spiro atoms. The highest BCUT2D eigenvalue weighted by Gasteiger charge is 2.31. The van der Waals surface area contributed by atoms with Gasteiger partial charge in [-0.1, -0.05) is 0 Å². The maximum absolute atomic E-state index is 12.5. The van der Waals surface area contributed by atoms with E-state index in [2.05, 4.69) is 0 Å². The van der Waals surface area contributed by atoms with E-state index in [-0.39, 0.29) is 17.7 Å². The lowest BCUT2D eigenvalue weighted by Gasteiger charge is -2.31. The van der Waals surface area contributed by atoms with Crippen LogP contribution in [0.25, 0.3) is 0 Å². The minimum atomic E-state index is -0.526. The number of nitrogens with zero attached hydrogens (tertiary/aromatic N) is 2. The van der Waals surface area contributed by atoms with Crippen LogP contribution in [0.1, 0.15) is 32.4 Å². The maximum Gasteiger partial charge on any atom is 0.433 e. The summed E-state index contributed by atoms with van der Waals surface area (Å²) < 4.78 is 5.22. The number of piperidine rings is 1. The summed E-state index contributed by atoms with van der Waals surface area (Å²) in [6.07, 6.45) is 1.92. The summed E-state index contributed by atoms with van der Waals surface area (Å²) in [6.45, 7) is 7.81. The highest BCUT2D eigenvalue weighted by molar-refractivity contribution is 5.78. The molecule has 2 atom stereocenters. The first-order valence-electron chi connectivity index (χ1n) is 7.90. The number of hydrogen-bond acceptors (Lipinski definition) is 4. The Morgan fingerprint density at radius 1 is 1.45 bits per heavy atom. The van der Waals surface area contributed by atoms with Crippen LogP contribution in [0, 0.1) is 16.0 Å². The summed E-state index contributed by atoms with van der Waals surface area (Å²) in [5.41, 5.74) is 0. The Hall–Kier alpha value is -1.89. The number of likely N-dealkylation sites (tertiary alicyclic amines) is 1. The number of nitro groups is 1. The summed E-state index contributed by atoms with van der Waals surface area (Å²) in [4.78, 5) is 25.7. The smallest absolute Gasteiger partial charge is 0.400 e. The van der Waals surface area contributed by atoms with Crippen LogP contribution in [0.3, 0.4) is 0 Å². The fourth-order valence-electron chi connectivity index (χ4n) is 3.12. The van der Waals surface area contributed by atoms with E-state index in [0.29, 0.717) is 12.3 Å². The second-order valence-corrected chi connectivity index (χ2v) is 5.73. The molecule has 1 unspecified atom stereocenters. The standard InChI is InChI=1S/C15H23N3O4/c1-3-17(4-2)15(19)12-6-5-9-16(10-12)11-13-7-8-14(22-13)18(20)21/h7-8,12H,3-6,9-11H2,1-2H3/p+1/t12-/m0/s1. The summed E-state index contributed by atoms with van der Waals surface area (Å²) in [7, 11) is 0. The van der Waals surface area contributed by atoms with Crippen molar-refractivity contribution in [2.24, 2.45) is 5.92 Å². The molecule has 22 heavy (non-hydrogen) atoms. The van der Waals surface area contributed by atoms with Crippen LogP contribution >= 0.6 is 0 Å². The molecule has 1 aliphatic heterocycles. The molecule has 1 N–H and O–H groups in total. The molecule has 1 aliphatic rings. The third-order valence-corrected chi connectivity index (χ3v) is 4.29. The zero-order chi connectivity index (χ0) is 16.1. The lowest BCUT2D eigenvalue weighted by molar-refractivity contribution is -0.922. The Bertz CT molecular complexity index is 525. The van der Waals surface area contributed by atoms with Gasteiger partial charge in [0.05, 0.1) is 25.1 Å². The molecule has 1 aromatic heterocycles. The largest absolute Gasteiger partial charge is 0.433 e. The Morgan fingerprint density at radius 3 is 2.77 bits per heavy atom. The summed E-state index contributed by atoms with van der Waals surface area (Å²) in [6, 6.07) is 3.04. The zero-order valence-electron chi connectivity index (χ0n) is 13.2. The quantitative estimate of drug-likeness (QED) is 0.624. The molecule has 0 aliphatic carbocycles. The van der Waals surface area contributed by atoms with E-state index in [1.165, 1.54) is 11.0 Å². The van der Waals surface area contributed by atoms with Gasteiger partial charge in [-0.25, -0.2) is 0 Å². The van der Waals surface area contributed by atoms with Crippen molar-refractivity contribution in [3.05, 3.63) is 28.0 Å². The number of hydrogen-bond donors (Lipinski definition) is 1. The summed E-state index contributed by atoms with van der Waals surface area (Å²) >= 11 is 0. The molecule has 1 aromatic rings. The van der Waals surface area contributed by atoms with Gasteiger partial charge in [0.15, 0.2) is 5.76 Å². The average molecular weight is 310 g/mol. The zero-order valence-corrected chi connectivity index (χ0v) is 13.2. The number of amides is 1. The lowest BCUT2D eigenvalue weighted by Crippen LogP contribution is -3.12. The van der Waals surface area contributed by atoms with Gasteiger partial charge in [-0.15, -0.1) is 0 Å². The Labute approximate surface area is 130 Å². The molecule has 0 radical (unpaired) electrons. The minimum Gasteiger partial charge on any atom is -0.400 e. The molecule has 0 saturated carbocycles. The molecule has 7 nitrogen and oxygen atoms in total. The fourth-order valence-corrected chi connectivity index (χ4v) is 3.12. The van der Waals surface area contributed by atoms with E-state index < -0.39 is 4.92 Å². The van der Waals surface area contributed by atoms with E-state index in [0.717, 1.165) is 39.0 Å². The number of rotatable bonds is 6. The third-order valence-electron chi connectivity index (χ3n) is 4.29. The van der Waals surface area contributed by atoms with Crippen LogP contribution in [-0.2, 0) is 11.3 Å². The van der Waals surface area contributed by atoms with Crippen molar-refractivity contribution in [3.63, 3.8) is 0 Å². The van der Waals surface area contributed by atoms with Gasteiger partial charge >= 0.3 is 5.88 Å². The van der Waals surface area contributed by atoms with Gasteiger partial charge in [-0.2, -0.15) is 0 Å². The number of carbonyl (C=O) groups excluding carboxylic acids is 1. The highest BCUT2D eigenvalue weighted by Crippen LogP contribution is 2.16. The van der Waals surface area contributed by atoms with E-state index in [9.17, 15) is 14.9 Å². The molecule has 1 amide bonds. The van der Waals surface area contributed by atoms with Crippen LogP contribution in [-0.4, -0.2) is 41.9 Å². The van der Waals surface area contributed by atoms with Gasteiger partial charge in [0, 0.05) is 13.1 Å². The summed E-state index contributed by atoms with van der Waals surface area (Å²) in [5.74, 6) is 0.668. The first kappa shape index (κ1) is 16.5. The number of nitrogens with one attached hydrogen (secondary N) is 1. The van der Waals surface area contributed by atoms with Crippen LogP contribution in [0.2, 0.25) is 0 Å². The van der Waals surface area contributed by atoms with Crippen molar-refractivity contribution < 1.29 is 19.0 Å². The molecule has 7 heteroatoms. The molecule has 1 saturated heterocycles. The van der Waals surface area contributed by atoms with E-state index in [1.807, 2.05) is 18.7 Å². The van der Waals surface area contributed by atoms with E-state index >= 15 is 0 Å². The molecule has 0 bridgehead atoms. The van der Waals surface area contributed by atoms with Gasteiger partial charge in [0.1, 0.15) is 11.5 Å². The molecular formula is C15H24N3O4+. The van der Waals surface area contributed by atoms with E-state index in [4.69, 9.17) is 4.42 Å². The van der Waals surface area contributed by atoms with Gasteiger partial charge < -0.3 is 14.2 Å². The number of carbonyl (C=O) groups is 1. The summed E-state index contributed by atoms with van der Waals surface area (Å²) in [5, 5.41) is 10.6. The minimum absolute atomic E-state index is 0.0496. The normalized spacial score (nSPS) is 21.5. The Morgan fingerprint density at radius 2 is 2.18 bits per heavy atom. The van der Waals surface area contributed by atoms with Gasteiger partial charge in [0.25, 0.3) is 0 Å². The van der Waals surface area contributed by atoms with Crippen molar-refractivity contribution >= 4 is 11.8 Å². The molecule has 0 aromatic carbocycles. The maximum atomic E-state index is 12.5. The van der Waals surface area contributed by atoms with Gasteiger partial charge in [-0.3, -0.25) is 14.9 Å². The van der Waals surface area contributed by atoms with Crippen molar-refractivity contribution in [3.8, 4) is 0 Å². The molecular weight excluding hydrogens is 286 g/mol. The topological polar surface area (TPSA) is 81.0 Å². The van der Waals surface area contributed by atoms with Crippen molar-refractivity contribution in [1.82, 2.24) is 4.90 Å². The van der Waals surface area contributed by atoms with Crippen LogP contribution in [0.15, 0.2) is 16.5 Å². The van der Waals surface area contributed by atoms with Crippen LogP contribution in [0.5, 0.6) is 0 Å². The van der Waals surface area contributed by atoms with Crippen molar-refractivity contribution in [1.29, 1.82) is 0 Å². The SMILES string of the molecule is CCN(CC)C(=O)[C@H]1CCC[NH+](Cc2ccc([N+](=O)[O-])o2)C1. The van der Waals surface area contributed by atoms with Crippen LogP contribution < -0.4 is 4.90 Å². The van der Waals surface area contributed by atoms with E-state index in [1.54, 1.807) is 6.07 Å². The fraction of sp³-hybridized carbons (Fsp3) is 0.667. The van der Waals surface area contributed by atoms with Gasteiger partial charge in [0.2, 0.25) is 5.91 Å². The second-order valence-electron chi connectivity index (χ2n) is 5.73. The van der Waals surface area contributed by atoms with Crippen LogP contribution in [0.4, 0.5) is 5.88 Å². The Balaban J connectivity index is 1.95. The monoisotopic (exact) mass is 310 g/mol. The Kier molecular flexibility index (Phi) is 5.54. The first-order valence-corrected chi connectivity index (χ1v) is 7.90. The molecule has 1 fully saturated rings. The molecule has 122 valence electrons. The van der Waals surface area contributed by atoms with Crippen molar-refractivity contribution in [2.45, 2.75) is 33.2 Å². The lowest BCUT2D eigenvalue weighted by atomic mass is 9.96. The number of furan rings is 1. The predicted octanol–water partition coefficient (Wildman–Crippen LogP) is 0.851. The predicted molar refractivity (Wildman–Crippen MR) is 80.4 cm³/mol. The van der Waals surface area contributed by atoms with Gasteiger partial charge in [-0.05, 0) is 32.8 Å². The second kappa shape index (κ2) is 7.40. The first-order chi connectivity index (χ1) is 10.5. The van der Waals surface area contributed by atoms with Crippen molar-refractivity contribution in [2.75, 3.05) is 26.2 Å². The molecule has 2 rings (SSSR count). The third kappa shape index (κ3) is 3.85. The molecule has 2 heterocycles.